The summed E-state index contributed by atoms with van der Waals surface area (Å²) in [4.78, 5) is 0. The second-order valence-electron chi connectivity index (χ2n) is 2.89. The van der Waals surface area contributed by atoms with Crippen LogP contribution in [0.5, 0.6) is 17.2 Å². The van der Waals surface area contributed by atoms with Gasteiger partial charge in [0.05, 0.1) is 5.69 Å². The lowest BCUT2D eigenvalue weighted by molar-refractivity contribution is 0.341. The third kappa shape index (κ3) is 0.512. The largest absolute Gasteiger partial charge is 0.864 e. The molecule has 0 saturated carbocycles. The van der Waals surface area contributed by atoms with E-state index in [-0.39, 0.29) is 0 Å². The Bertz CT molecular complexity index is 375. The number of nitrogens with two attached hydrogens (primary N) is 1. The Morgan fingerprint density at radius 3 is 2.83 bits per heavy atom. The monoisotopic (exact) mass is 163 g/mol. The molecule has 0 saturated heterocycles. The van der Waals surface area contributed by atoms with Crippen molar-refractivity contribution in [1.29, 1.82) is 0 Å². The normalized spacial score (nSPS) is 15.6. The van der Waals surface area contributed by atoms with Crippen LogP contribution in [0.15, 0.2) is 6.07 Å². The van der Waals surface area contributed by atoms with Crippen LogP contribution in [-0.2, 0) is 0 Å². The fourth-order valence-electron chi connectivity index (χ4n) is 1.48. The van der Waals surface area contributed by atoms with Gasteiger partial charge in [-0.25, -0.2) is 0 Å². The van der Waals surface area contributed by atoms with Crippen molar-refractivity contribution in [1.82, 2.24) is 0 Å². The van der Waals surface area contributed by atoms with Crippen LogP contribution in [0, 0.1) is 6.92 Å². The van der Waals surface area contributed by atoms with Gasteiger partial charge in [0.1, 0.15) is 5.75 Å². The maximum Gasteiger partial charge on any atom is 0.864 e. The predicted octanol–water partition coefficient (Wildman–Crippen LogP) is 0.726. The van der Waals surface area contributed by atoms with Gasteiger partial charge in [-0.1, -0.05) is 0 Å². The van der Waals surface area contributed by atoms with Gasteiger partial charge in [-0.15, -0.1) is 0 Å². The van der Waals surface area contributed by atoms with E-state index in [1.807, 2.05) is 6.92 Å². The number of hydrogen-bond acceptors (Lipinski definition) is 4. The zero-order chi connectivity index (χ0) is 8.29. The number of nitrogen functional groups attached to an aromatic ring is 1. The molecule has 0 fully saturated rings. The van der Waals surface area contributed by atoms with Gasteiger partial charge in [-0.2, -0.15) is 0 Å². The number of fused-ring (bicyclic) bond motifs is 2. The summed E-state index contributed by atoms with van der Waals surface area (Å²) in [5.74, 6) is 2.08. The smallest absolute Gasteiger partial charge is 0.489 e. The lowest BCUT2D eigenvalue weighted by atomic mass is 10.1. The van der Waals surface area contributed by atoms with Gasteiger partial charge >= 0.3 is 7.32 Å². The third-order valence-corrected chi connectivity index (χ3v) is 2.12. The van der Waals surface area contributed by atoms with Crippen molar-refractivity contribution in [3.8, 4) is 17.2 Å². The molecule has 0 amide bonds. The molecule has 2 aliphatic heterocycles. The minimum absolute atomic E-state index is 0.575. The predicted molar refractivity (Wildman–Crippen MR) is 43.2 cm³/mol. The first-order chi connectivity index (χ1) is 5.75. The summed E-state index contributed by atoms with van der Waals surface area (Å²) in [6.45, 7) is 1.92. The van der Waals surface area contributed by atoms with Crippen LogP contribution in [0.25, 0.3) is 0 Å². The van der Waals surface area contributed by atoms with Gasteiger partial charge in [0.2, 0.25) is 0 Å². The highest BCUT2D eigenvalue weighted by atomic mass is 16.8. The van der Waals surface area contributed by atoms with Crippen LogP contribution in [0.3, 0.4) is 0 Å². The molecule has 0 atom stereocenters. The zero-order valence-electron chi connectivity index (χ0n) is 6.46. The van der Waals surface area contributed by atoms with E-state index in [1.54, 1.807) is 6.07 Å². The summed E-state index contributed by atoms with van der Waals surface area (Å²) in [5.41, 5.74) is 7.21. The molecule has 0 unspecified atom stereocenters. The van der Waals surface area contributed by atoms with Crippen molar-refractivity contribution in [3.63, 3.8) is 0 Å². The van der Waals surface area contributed by atoms with Crippen LogP contribution in [-0.4, -0.2) is 7.32 Å². The molecule has 2 aliphatic rings. The lowest BCUT2D eigenvalue weighted by Gasteiger charge is -2.14. The average Bonchev–Trinajstić information content (AvgIpc) is 2.31. The van der Waals surface area contributed by atoms with E-state index in [2.05, 4.69) is 0 Å². The lowest BCUT2D eigenvalue weighted by Crippen LogP contribution is -2.33. The average molecular weight is 163 g/mol. The second kappa shape index (κ2) is 1.63. The summed E-state index contributed by atoms with van der Waals surface area (Å²) in [6.07, 6.45) is 0. The van der Waals surface area contributed by atoms with Gasteiger partial charge in [0, 0.05) is 11.6 Å². The highest BCUT2D eigenvalue weighted by Gasteiger charge is 2.45. The second-order valence-corrected chi connectivity index (χ2v) is 2.89. The van der Waals surface area contributed by atoms with Crippen LogP contribution < -0.4 is 19.7 Å². The Morgan fingerprint density at radius 1 is 1.25 bits per heavy atom. The summed E-state index contributed by atoms with van der Waals surface area (Å²) >= 11 is 0. The molecule has 2 N–H and O–H groups in total. The molecule has 0 spiro atoms. The van der Waals surface area contributed by atoms with E-state index < -0.39 is 7.32 Å². The maximum atomic E-state index is 5.68. The molecule has 0 aliphatic carbocycles. The fourth-order valence-corrected chi connectivity index (χ4v) is 1.48. The van der Waals surface area contributed by atoms with Gasteiger partial charge in [-0.05, 0) is 6.92 Å². The first kappa shape index (κ1) is 6.05. The molecule has 3 rings (SSSR count). The van der Waals surface area contributed by atoms with Gasteiger partial charge in [-0.3, -0.25) is 0 Å². The van der Waals surface area contributed by atoms with Crippen molar-refractivity contribution in [2.45, 2.75) is 6.92 Å². The number of benzene rings is 1. The molecule has 12 heavy (non-hydrogen) atoms. The van der Waals surface area contributed by atoms with Crippen molar-refractivity contribution in [2.24, 2.45) is 0 Å². The van der Waals surface area contributed by atoms with E-state index in [0.717, 1.165) is 17.1 Å². The molecule has 1 aromatic rings. The van der Waals surface area contributed by atoms with E-state index in [4.69, 9.17) is 19.7 Å². The van der Waals surface area contributed by atoms with Gasteiger partial charge in [0.25, 0.3) is 0 Å². The van der Waals surface area contributed by atoms with Gasteiger partial charge in [0.15, 0.2) is 11.5 Å². The first-order valence-electron chi connectivity index (χ1n) is 3.69. The van der Waals surface area contributed by atoms with Crippen molar-refractivity contribution in [2.75, 3.05) is 5.73 Å². The highest BCUT2D eigenvalue weighted by molar-refractivity contribution is 6.42. The summed E-state index contributed by atoms with van der Waals surface area (Å²) in [7, 11) is -0.619. The van der Waals surface area contributed by atoms with E-state index in [0.29, 0.717) is 11.4 Å². The van der Waals surface area contributed by atoms with Crippen molar-refractivity contribution < 1.29 is 14.0 Å². The summed E-state index contributed by atoms with van der Waals surface area (Å²) in [6, 6.07) is 1.76. The molecule has 60 valence electrons. The SMILES string of the molecule is Cc1c2cc(N)c3c1OB(O2)O3. The minimum Gasteiger partial charge on any atom is -0.489 e. The van der Waals surface area contributed by atoms with Gasteiger partial charge < -0.3 is 19.7 Å². The zero-order valence-corrected chi connectivity index (χ0v) is 6.46. The number of rotatable bonds is 0. The van der Waals surface area contributed by atoms with Crippen molar-refractivity contribution >= 4 is 13.0 Å². The molecule has 4 nitrogen and oxygen atoms in total. The van der Waals surface area contributed by atoms with Crippen molar-refractivity contribution in [3.05, 3.63) is 11.6 Å². The summed E-state index contributed by atoms with van der Waals surface area (Å²) < 4.78 is 15.8. The minimum atomic E-state index is -0.619. The van der Waals surface area contributed by atoms with Crippen LogP contribution in [0.1, 0.15) is 5.56 Å². The first-order valence-corrected chi connectivity index (χ1v) is 3.69. The van der Waals surface area contributed by atoms with Crippen LogP contribution in [0.2, 0.25) is 0 Å². The quantitative estimate of drug-likeness (QED) is 0.452. The van der Waals surface area contributed by atoms with Crippen LogP contribution in [0.4, 0.5) is 5.69 Å². The molecule has 0 aromatic heterocycles. The summed E-state index contributed by atoms with van der Waals surface area (Å²) in [5, 5.41) is 0. The van der Waals surface area contributed by atoms with E-state index >= 15 is 0 Å². The Labute approximate surface area is 69.4 Å². The molecular weight excluding hydrogens is 157 g/mol. The van der Waals surface area contributed by atoms with E-state index in [1.165, 1.54) is 0 Å². The Balaban J connectivity index is 2.42. The molecule has 5 heteroatoms. The number of anilines is 1. The Hall–Kier alpha value is -1.52. The Morgan fingerprint density at radius 2 is 2.00 bits per heavy atom. The standard InChI is InChI=1S/C7H6BNO3/c1-3-5-2-4(9)7-6(3)11-8(10-5)12-7/h2H,9H2,1H3. The molecule has 3 bridgehead atoms. The molecule has 0 radical (unpaired) electrons. The maximum absolute atomic E-state index is 5.68. The fraction of sp³-hybridized carbons (Fsp3) is 0.143. The van der Waals surface area contributed by atoms with E-state index in [9.17, 15) is 0 Å². The third-order valence-electron chi connectivity index (χ3n) is 2.12. The number of hydrogen-bond donors (Lipinski definition) is 1. The Kier molecular flexibility index (Phi) is 0.821. The highest BCUT2D eigenvalue weighted by Crippen LogP contribution is 2.49. The molecule has 2 heterocycles. The topological polar surface area (TPSA) is 53.7 Å². The molecule has 1 aromatic carbocycles. The van der Waals surface area contributed by atoms with Crippen LogP contribution >= 0.6 is 0 Å². The molecular formula is C7H6BNO3.